The molecule has 1 heterocycles. The molecule has 6 heteroatoms. The summed E-state index contributed by atoms with van der Waals surface area (Å²) < 4.78 is 8.60. The van der Waals surface area contributed by atoms with Crippen molar-refractivity contribution < 1.29 is 4.79 Å². The Kier molecular flexibility index (Phi) is 3.28. The predicted octanol–water partition coefficient (Wildman–Crippen LogP) is 0.623. The van der Waals surface area contributed by atoms with Crippen molar-refractivity contribution in [3.05, 3.63) is 18.2 Å². The fourth-order valence-electron chi connectivity index (χ4n) is 1.30. The van der Waals surface area contributed by atoms with E-state index in [1.54, 1.807) is 7.05 Å². The summed E-state index contributed by atoms with van der Waals surface area (Å²) in [6.45, 7) is 3.66. The molecule has 0 radical (unpaired) electrons. The first-order valence-corrected chi connectivity index (χ1v) is 6.79. The van der Waals surface area contributed by atoms with Crippen LogP contribution in [-0.4, -0.2) is 41.4 Å². The van der Waals surface area contributed by atoms with Crippen LogP contribution in [0.15, 0.2) is 18.2 Å². The Morgan fingerprint density at radius 1 is 1.35 bits per heavy atom. The first kappa shape index (κ1) is 12.2. The normalized spacial score (nSPS) is 11.7. The average Bonchev–Trinajstić information content (AvgIpc) is 2.78. The molecule has 0 saturated heterocycles. The van der Waals surface area contributed by atoms with Gasteiger partial charge >= 0.3 is 106 Å². The van der Waals surface area contributed by atoms with E-state index in [1.807, 2.05) is 32.0 Å². The number of nitrogens with zero attached hydrogens (tertiary/aromatic N) is 2. The first-order chi connectivity index (χ1) is 8.04. The molecule has 2 aromatic rings. The van der Waals surface area contributed by atoms with Gasteiger partial charge in [0.25, 0.3) is 0 Å². The minimum absolute atomic E-state index is 0.0806. The number of carbonyl (C=O) groups is 1. The van der Waals surface area contributed by atoms with Gasteiger partial charge in [-0.1, -0.05) is 0 Å². The summed E-state index contributed by atoms with van der Waals surface area (Å²) >= 11 is -0.0817. The summed E-state index contributed by atoms with van der Waals surface area (Å²) in [5.41, 5.74) is 1.79. The van der Waals surface area contributed by atoms with Crippen LogP contribution < -0.4 is 10.6 Å². The second kappa shape index (κ2) is 4.56. The van der Waals surface area contributed by atoms with Crippen LogP contribution in [0.1, 0.15) is 13.8 Å². The number of anilines is 1. The van der Waals surface area contributed by atoms with Crippen LogP contribution >= 0.6 is 0 Å². The van der Waals surface area contributed by atoms with Crippen LogP contribution in [0.25, 0.3) is 11.0 Å². The molecule has 0 unspecified atom stereocenters. The molecule has 0 saturated carbocycles. The maximum atomic E-state index is 12.0. The van der Waals surface area contributed by atoms with Gasteiger partial charge in [-0.15, -0.1) is 0 Å². The van der Waals surface area contributed by atoms with Crippen LogP contribution in [-0.2, 0) is 4.79 Å². The van der Waals surface area contributed by atoms with E-state index in [1.165, 1.54) is 0 Å². The molecule has 0 bridgehead atoms. The van der Waals surface area contributed by atoms with E-state index in [0.29, 0.717) is 0 Å². The molecule has 90 valence electrons. The zero-order valence-electron chi connectivity index (χ0n) is 9.94. The second-order valence-corrected chi connectivity index (χ2v) is 5.38. The van der Waals surface area contributed by atoms with Gasteiger partial charge in [-0.25, -0.2) is 0 Å². The molecule has 5 nitrogen and oxygen atoms in total. The molecule has 17 heavy (non-hydrogen) atoms. The van der Waals surface area contributed by atoms with Gasteiger partial charge in [-0.05, 0) is 0 Å². The van der Waals surface area contributed by atoms with Crippen molar-refractivity contribution in [2.45, 2.75) is 19.4 Å². The molecule has 0 fully saturated rings. The minimum atomic E-state index is -0.608. The van der Waals surface area contributed by atoms with Crippen LogP contribution in [0.2, 0.25) is 0 Å². The average molecular weight is 297 g/mol. The van der Waals surface area contributed by atoms with Gasteiger partial charge < -0.3 is 0 Å². The van der Waals surface area contributed by atoms with E-state index < -0.39 is 5.54 Å². The Morgan fingerprint density at radius 2 is 2.12 bits per heavy atom. The van der Waals surface area contributed by atoms with Gasteiger partial charge in [0.05, 0.1) is 0 Å². The van der Waals surface area contributed by atoms with Gasteiger partial charge in [0.2, 0.25) is 0 Å². The second-order valence-electron chi connectivity index (χ2n) is 4.27. The number of aromatic nitrogens is 2. The van der Waals surface area contributed by atoms with Crippen LogP contribution in [0.5, 0.6) is 0 Å². The van der Waals surface area contributed by atoms with E-state index in [0.717, 1.165) is 16.7 Å². The molecule has 2 rings (SSSR count). The summed E-state index contributed by atoms with van der Waals surface area (Å²) in [4.78, 5) is 12.0. The van der Waals surface area contributed by atoms with Crippen molar-refractivity contribution >= 4 is 37.6 Å². The van der Waals surface area contributed by atoms with Crippen LogP contribution in [0.4, 0.5) is 5.69 Å². The maximum absolute atomic E-state index is 12.0. The number of nitrogens with one attached hydrogen (secondary N) is 2. The van der Waals surface area contributed by atoms with Crippen molar-refractivity contribution in [1.29, 1.82) is 0 Å². The number of likely N-dealkylation sites (N-methyl/N-ethyl adjacent to an activating group) is 1. The molecular weight excluding hydrogens is 283 g/mol. The Balaban J connectivity index is 2.30. The Morgan fingerprint density at radius 3 is 2.82 bits per heavy atom. The fraction of sp³-hybridized carbons (Fsp3) is 0.364. The predicted molar refractivity (Wildman–Crippen MR) is 68.2 cm³/mol. The molecule has 1 aromatic carbocycles. The zero-order chi connectivity index (χ0) is 12.5. The van der Waals surface area contributed by atoms with Crippen molar-refractivity contribution in [1.82, 2.24) is 13.3 Å². The molecular formula is C11H14N4OSe. The summed E-state index contributed by atoms with van der Waals surface area (Å²) in [6, 6.07) is 5.64. The molecule has 0 aliphatic carbocycles. The summed E-state index contributed by atoms with van der Waals surface area (Å²) in [6.07, 6.45) is 0. The Labute approximate surface area is 106 Å². The van der Waals surface area contributed by atoms with Gasteiger partial charge in [0.1, 0.15) is 0 Å². The van der Waals surface area contributed by atoms with E-state index in [-0.39, 0.29) is 20.9 Å². The zero-order valence-corrected chi connectivity index (χ0v) is 11.7. The number of amides is 1. The van der Waals surface area contributed by atoms with Crippen molar-refractivity contribution in [3.8, 4) is 0 Å². The third kappa shape index (κ3) is 2.39. The summed E-state index contributed by atoms with van der Waals surface area (Å²) in [5, 5.41) is 5.86. The number of hydrogen-bond donors (Lipinski definition) is 2. The summed E-state index contributed by atoms with van der Waals surface area (Å²) in [5.74, 6) is -0.0806. The van der Waals surface area contributed by atoms with Crippen molar-refractivity contribution in [3.63, 3.8) is 0 Å². The van der Waals surface area contributed by atoms with Gasteiger partial charge in [-0.2, -0.15) is 0 Å². The Hall–Kier alpha value is -1.23. The third-order valence-corrected chi connectivity index (χ3v) is 3.87. The molecule has 0 spiro atoms. The molecule has 1 amide bonds. The standard InChI is InChI=1S/C11H14N4OSe/c1-11(2,12-3)10(16)13-7-5-4-6-8-9(7)15-17-14-8/h4-6,12H,1-3H3,(H,13,16). The van der Waals surface area contributed by atoms with Crippen molar-refractivity contribution in [2.75, 3.05) is 12.4 Å². The third-order valence-electron chi connectivity index (χ3n) is 2.73. The van der Waals surface area contributed by atoms with E-state index >= 15 is 0 Å². The first-order valence-electron chi connectivity index (χ1n) is 5.26. The SMILES string of the molecule is CNC(C)(C)C(=O)Nc1cccc2n[se]nc12. The van der Waals surface area contributed by atoms with Crippen LogP contribution in [0.3, 0.4) is 0 Å². The fourth-order valence-corrected chi connectivity index (χ4v) is 2.45. The quantitative estimate of drug-likeness (QED) is 0.815. The van der Waals surface area contributed by atoms with E-state index in [4.69, 9.17) is 0 Å². The molecule has 2 N–H and O–H groups in total. The van der Waals surface area contributed by atoms with E-state index in [9.17, 15) is 4.79 Å². The van der Waals surface area contributed by atoms with E-state index in [2.05, 4.69) is 18.6 Å². The van der Waals surface area contributed by atoms with Crippen molar-refractivity contribution in [2.24, 2.45) is 0 Å². The Bertz CT molecular complexity index is 549. The monoisotopic (exact) mass is 298 g/mol. The van der Waals surface area contributed by atoms with Crippen LogP contribution in [0, 0.1) is 0 Å². The number of benzene rings is 1. The molecule has 0 aliphatic heterocycles. The van der Waals surface area contributed by atoms with Gasteiger partial charge in [0, 0.05) is 0 Å². The number of hydrogen-bond acceptors (Lipinski definition) is 4. The number of rotatable bonds is 3. The number of fused-ring (bicyclic) bond motifs is 1. The van der Waals surface area contributed by atoms with Gasteiger partial charge in [0.15, 0.2) is 0 Å². The molecule has 0 atom stereocenters. The number of carbonyl (C=O) groups excluding carboxylic acids is 1. The van der Waals surface area contributed by atoms with Gasteiger partial charge in [-0.3, -0.25) is 0 Å². The summed E-state index contributed by atoms with van der Waals surface area (Å²) in [7, 11) is 1.76. The molecule has 0 aliphatic rings. The molecule has 1 aromatic heterocycles. The topological polar surface area (TPSA) is 66.9 Å².